The van der Waals surface area contributed by atoms with Gasteiger partial charge < -0.3 is 9.15 Å². The molecule has 0 saturated carbocycles. The Hall–Kier alpha value is -2.45. The molecule has 0 aliphatic rings. The SMILES string of the molecule is Cc1oc(NC(=O)CCOc2ccc(Cl)cc2)c(C#N)c1C. The molecule has 0 radical (unpaired) electrons. The summed E-state index contributed by atoms with van der Waals surface area (Å²) < 4.78 is 10.8. The molecule has 5 nitrogen and oxygen atoms in total. The Kier molecular flexibility index (Phi) is 5.08. The number of aryl methyl sites for hydroxylation is 1. The Morgan fingerprint density at radius 1 is 1.36 bits per heavy atom. The monoisotopic (exact) mass is 318 g/mol. The van der Waals surface area contributed by atoms with Crippen LogP contribution in [0.4, 0.5) is 5.88 Å². The van der Waals surface area contributed by atoms with E-state index in [-0.39, 0.29) is 24.8 Å². The van der Waals surface area contributed by atoms with Crippen LogP contribution in [-0.4, -0.2) is 12.5 Å². The van der Waals surface area contributed by atoms with Crippen molar-refractivity contribution in [1.29, 1.82) is 5.26 Å². The first-order chi connectivity index (χ1) is 10.5. The first-order valence-electron chi connectivity index (χ1n) is 6.69. The summed E-state index contributed by atoms with van der Waals surface area (Å²) in [6.07, 6.45) is 0.145. The number of carbonyl (C=O) groups is 1. The molecule has 1 aromatic heterocycles. The number of nitrogens with one attached hydrogen (secondary N) is 1. The van der Waals surface area contributed by atoms with Crippen LogP contribution < -0.4 is 10.1 Å². The molecule has 1 N–H and O–H groups in total. The molecule has 6 heteroatoms. The van der Waals surface area contributed by atoms with Crippen molar-refractivity contribution in [2.24, 2.45) is 0 Å². The van der Waals surface area contributed by atoms with Gasteiger partial charge in [0.15, 0.2) is 0 Å². The van der Waals surface area contributed by atoms with Gasteiger partial charge in [-0.25, -0.2) is 0 Å². The molecular formula is C16H15ClN2O3. The van der Waals surface area contributed by atoms with Crippen molar-refractivity contribution in [2.75, 3.05) is 11.9 Å². The van der Waals surface area contributed by atoms with Gasteiger partial charge in [-0.05, 0) is 38.1 Å². The topological polar surface area (TPSA) is 75.3 Å². The second kappa shape index (κ2) is 7.01. The first-order valence-corrected chi connectivity index (χ1v) is 7.07. The quantitative estimate of drug-likeness (QED) is 0.909. The lowest BCUT2D eigenvalue weighted by molar-refractivity contribution is -0.116. The average molecular weight is 319 g/mol. The van der Waals surface area contributed by atoms with Crippen LogP contribution in [0.15, 0.2) is 28.7 Å². The number of carbonyl (C=O) groups excluding carboxylic acids is 1. The Morgan fingerprint density at radius 3 is 2.68 bits per heavy atom. The molecule has 0 unspecified atom stereocenters. The van der Waals surface area contributed by atoms with Crippen molar-refractivity contribution in [3.63, 3.8) is 0 Å². The van der Waals surface area contributed by atoms with Crippen molar-refractivity contribution >= 4 is 23.4 Å². The van der Waals surface area contributed by atoms with Crippen molar-refractivity contribution in [1.82, 2.24) is 0 Å². The van der Waals surface area contributed by atoms with Crippen LogP contribution in [0, 0.1) is 25.2 Å². The molecule has 2 aromatic rings. The molecule has 2 rings (SSSR count). The van der Waals surface area contributed by atoms with Crippen molar-refractivity contribution in [3.8, 4) is 11.8 Å². The highest BCUT2D eigenvalue weighted by atomic mass is 35.5. The zero-order valence-corrected chi connectivity index (χ0v) is 13.0. The molecule has 0 bridgehead atoms. The van der Waals surface area contributed by atoms with Gasteiger partial charge in [-0.15, -0.1) is 0 Å². The number of nitriles is 1. The summed E-state index contributed by atoms with van der Waals surface area (Å²) in [5.74, 6) is 1.16. The largest absolute Gasteiger partial charge is 0.493 e. The lowest BCUT2D eigenvalue weighted by atomic mass is 10.2. The number of hydrogen-bond donors (Lipinski definition) is 1. The molecule has 114 valence electrons. The molecule has 0 spiro atoms. The number of ether oxygens (including phenoxy) is 1. The van der Waals surface area contributed by atoms with Gasteiger partial charge in [-0.1, -0.05) is 11.6 Å². The number of furan rings is 1. The molecule has 0 fully saturated rings. The summed E-state index contributed by atoms with van der Waals surface area (Å²) in [5, 5.41) is 12.3. The van der Waals surface area contributed by atoms with Crippen LogP contribution in [0.3, 0.4) is 0 Å². The van der Waals surface area contributed by atoms with E-state index in [0.717, 1.165) is 5.56 Å². The molecule has 22 heavy (non-hydrogen) atoms. The van der Waals surface area contributed by atoms with E-state index in [1.165, 1.54) is 0 Å². The minimum absolute atomic E-state index is 0.145. The normalized spacial score (nSPS) is 10.1. The van der Waals surface area contributed by atoms with Gasteiger partial charge in [0, 0.05) is 10.6 Å². The van der Waals surface area contributed by atoms with E-state index >= 15 is 0 Å². The minimum Gasteiger partial charge on any atom is -0.493 e. The number of halogens is 1. The smallest absolute Gasteiger partial charge is 0.230 e. The maximum absolute atomic E-state index is 11.9. The van der Waals surface area contributed by atoms with Gasteiger partial charge in [0.2, 0.25) is 11.8 Å². The number of benzene rings is 1. The summed E-state index contributed by atoms with van der Waals surface area (Å²) in [5.41, 5.74) is 1.08. The van der Waals surface area contributed by atoms with Crippen LogP contribution in [0.1, 0.15) is 23.3 Å². The average Bonchev–Trinajstić information content (AvgIpc) is 2.75. The van der Waals surface area contributed by atoms with E-state index in [9.17, 15) is 4.79 Å². The maximum Gasteiger partial charge on any atom is 0.230 e. The molecule has 1 amide bonds. The maximum atomic E-state index is 11.9. The van der Waals surface area contributed by atoms with E-state index in [1.54, 1.807) is 38.1 Å². The fraction of sp³-hybridized carbons (Fsp3) is 0.250. The van der Waals surface area contributed by atoms with E-state index in [2.05, 4.69) is 5.32 Å². The highest BCUT2D eigenvalue weighted by Crippen LogP contribution is 2.25. The Labute approximate surface area is 133 Å². The minimum atomic E-state index is -0.279. The third kappa shape index (κ3) is 3.80. The van der Waals surface area contributed by atoms with Crippen LogP contribution in [0.5, 0.6) is 5.75 Å². The molecule has 0 atom stereocenters. The fourth-order valence-electron chi connectivity index (χ4n) is 1.83. The van der Waals surface area contributed by atoms with Crippen LogP contribution in [0.25, 0.3) is 0 Å². The van der Waals surface area contributed by atoms with Gasteiger partial charge in [0.05, 0.1) is 13.0 Å². The zero-order chi connectivity index (χ0) is 16.1. The van der Waals surface area contributed by atoms with Gasteiger partial charge in [-0.2, -0.15) is 5.26 Å². The standard InChI is InChI=1S/C16H15ClN2O3/c1-10-11(2)22-16(14(10)9-18)19-15(20)7-8-21-13-5-3-12(17)4-6-13/h3-6H,7-8H2,1-2H3,(H,19,20). The summed E-state index contributed by atoms with van der Waals surface area (Å²) in [6.45, 7) is 3.74. The molecular weight excluding hydrogens is 304 g/mol. The Bertz CT molecular complexity index is 714. The van der Waals surface area contributed by atoms with Gasteiger partial charge in [0.1, 0.15) is 23.1 Å². The van der Waals surface area contributed by atoms with Gasteiger partial charge >= 0.3 is 0 Å². The number of hydrogen-bond acceptors (Lipinski definition) is 4. The summed E-state index contributed by atoms with van der Waals surface area (Å²) in [4.78, 5) is 11.9. The molecule has 1 aromatic carbocycles. The van der Waals surface area contributed by atoms with Crippen molar-refractivity contribution < 1.29 is 13.9 Å². The summed E-state index contributed by atoms with van der Waals surface area (Å²) in [6, 6.07) is 8.91. The summed E-state index contributed by atoms with van der Waals surface area (Å²) >= 11 is 5.77. The Morgan fingerprint density at radius 2 is 2.05 bits per heavy atom. The number of rotatable bonds is 5. The molecule has 0 aliphatic carbocycles. The first kappa shape index (κ1) is 15.9. The predicted octanol–water partition coefficient (Wildman–Crippen LogP) is 3.83. The van der Waals surface area contributed by atoms with Crippen LogP contribution in [0.2, 0.25) is 5.02 Å². The Balaban J connectivity index is 1.87. The van der Waals surface area contributed by atoms with E-state index in [0.29, 0.717) is 22.1 Å². The lowest BCUT2D eigenvalue weighted by Gasteiger charge is -2.06. The predicted molar refractivity (Wildman–Crippen MR) is 83.1 cm³/mol. The number of nitrogens with zero attached hydrogens (tertiary/aromatic N) is 1. The van der Waals surface area contributed by atoms with Crippen LogP contribution >= 0.6 is 11.6 Å². The van der Waals surface area contributed by atoms with Crippen molar-refractivity contribution in [3.05, 3.63) is 46.2 Å². The van der Waals surface area contributed by atoms with E-state index < -0.39 is 0 Å². The van der Waals surface area contributed by atoms with Crippen LogP contribution in [-0.2, 0) is 4.79 Å². The molecule has 0 aliphatic heterocycles. The number of amides is 1. The molecule has 1 heterocycles. The zero-order valence-electron chi connectivity index (χ0n) is 12.3. The third-order valence-corrected chi connectivity index (χ3v) is 3.41. The highest BCUT2D eigenvalue weighted by molar-refractivity contribution is 6.30. The molecule has 0 saturated heterocycles. The number of anilines is 1. The highest BCUT2D eigenvalue weighted by Gasteiger charge is 2.16. The van der Waals surface area contributed by atoms with Crippen molar-refractivity contribution in [2.45, 2.75) is 20.3 Å². The van der Waals surface area contributed by atoms with E-state index in [4.69, 9.17) is 26.0 Å². The fourth-order valence-corrected chi connectivity index (χ4v) is 1.96. The van der Waals surface area contributed by atoms with Gasteiger partial charge in [-0.3, -0.25) is 10.1 Å². The summed E-state index contributed by atoms with van der Waals surface area (Å²) in [7, 11) is 0. The van der Waals surface area contributed by atoms with Gasteiger partial charge in [0.25, 0.3) is 0 Å². The second-order valence-corrected chi connectivity index (χ2v) is 5.14. The van der Waals surface area contributed by atoms with E-state index in [1.807, 2.05) is 6.07 Å². The lowest BCUT2D eigenvalue weighted by Crippen LogP contribution is -2.15. The third-order valence-electron chi connectivity index (χ3n) is 3.16. The second-order valence-electron chi connectivity index (χ2n) is 4.70.